The van der Waals surface area contributed by atoms with Gasteiger partial charge in [0.25, 0.3) is 5.91 Å². The average Bonchev–Trinajstić information content (AvgIpc) is 3.70. The van der Waals surface area contributed by atoms with E-state index in [4.69, 9.17) is 4.74 Å². The van der Waals surface area contributed by atoms with Crippen LogP contribution in [0.25, 0.3) is 11.0 Å². The fraction of sp³-hybridized carbons (Fsp3) is 0.241. The molecule has 3 heterocycles. The zero-order chi connectivity index (χ0) is 29.8. The molecule has 2 amide bonds. The monoisotopic (exact) mass is 579 g/mol. The van der Waals surface area contributed by atoms with Gasteiger partial charge in [-0.2, -0.15) is 13.2 Å². The Hall–Kier alpha value is -5.07. The minimum absolute atomic E-state index is 0.0191. The Kier molecular flexibility index (Phi) is 6.32. The zero-order valence-electron chi connectivity index (χ0n) is 22.2. The van der Waals surface area contributed by atoms with Crippen molar-refractivity contribution in [3.63, 3.8) is 0 Å². The van der Waals surface area contributed by atoms with Gasteiger partial charge in [-0.3, -0.25) is 14.6 Å². The predicted molar refractivity (Wildman–Crippen MR) is 147 cm³/mol. The van der Waals surface area contributed by atoms with Crippen molar-refractivity contribution in [2.75, 3.05) is 34.8 Å². The van der Waals surface area contributed by atoms with Gasteiger partial charge in [0.1, 0.15) is 0 Å². The van der Waals surface area contributed by atoms with Crippen LogP contribution in [0, 0.1) is 0 Å². The molecule has 1 aromatic heterocycles. The van der Waals surface area contributed by atoms with E-state index in [0.717, 1.165) is 41.4 Å². The molecule has 1 saturated heterocycles. The standard InChI is InChI=1S/C29H24F3N5O5/c1-35(27(40)41)26-33-22-12-11-17(15-23(22)34-26)28(42-25(39)29(30,31)32)21-10-3-2-9-20(21)24(38)37(28)19-8-6-7-18(16-19)36-13-4-5-14-36/h2-3,6-12,15-16H,4-5,13-14H2,1H3,(H,33,34)(H,40,41). The predicted octanol–water partition coefficient (Wildman–Crippen LogP) is 5.24. The van der Waals surface area contributed by atoms with Crippen LogP contribution < -0.4 is 14.7 Å². The number of hydrogen-bond donors (Lipinski definition) is 2. The Morgan fingerprint density at radius 3 is 2.45 bits per heavy atom. The summed E-state index contributed by atoms with van der Waals surface area (Å²) in [7, 11) is 1.27. The number of esters is 1. The summed E-state index contributed by atoms with van der Waals surface area (Å²) < 4.78 is 46.9. The molecule has 216 valence electrons. The first kappa shape index (κ1) is 27.1. The first-order valence-corrected chi connectivity index (χ1v) is 13.1. The lowest BCUT2D eigenvalue weighted by Gasteiger charge is -2.39. The second-order valence-electron chi connectivity index (χ2n) is 10.1. The van der Waals surface area contributed by atoms with Crippen LogP contribution >= 0.6 is 0 Å². The number of nitrogens with one attached hydrogen (secondary N) is 1. The summed E-state index contributed by atoms with van der Waals surface area (Å²) >= 11 is 0. The van der Waals surface area contributed by atoms with Gasteiger partial charge in [0.2, 0.25) is 11.7 Å². The molecular weight excluding hydrogens is 555 g/mol. The van der Waals surface area contributed by atoms with Crippen LogP contribution in [0.5, 0.6) is 0 Å². The highest BCUT2D eigenvalue weighted by Gasteiger charge is 2.58. The summed E-state index contributed by atoms with van der Waals surface area (Å²) in [6, 6.07) is 17.1. The third kappa shape index (κ3) is 4.28. The summed E-state index contributed by atoms with van der Waals surface area (Å²) in [5.74, 6) is -3.17. The molecule has 13 heteroatoms. The number of anilines is 3. The number of carbonyl (C=O) groups excluding carboxylic acids is 2. The third-order valence-corrected chi connectivity index (χ3v) is 7.54. The number of aromatic nitrogens is 2. The van der Waals surface area contributed by atoms with Gasteiger partial charge in [-0.15, -0.1) is 0 Å². The van der Waals surface area contributed by atoms with Crippen molar-refractivity contribution in [1.29, 1.82) is 0 Å². The minimum Gasteiger partial charge on any atom is -0.465 e. The number of amides is 2. The van der Waals surface area contributed by atoms with Crippen molar-refractivity contribution in [1.82, 2.24) is 9.97 Å². The highest BCUT2D eigenvalue weighted by Crippen LogP contribution is 2.49. The number of alkyl halides is 3. The van der Waals surface area contributed by atoms with Crippen molar-refractivity contribution in [3.8, 4) is 0 Å². The van der Waals surface area contributed by atoms with Crippen molar-refractivity contribution < 1.29 is 37.4 Å². The molecule has 1 fully saturated rings. The van der Waals surface area contributed by atoms with Crippen molar-refractivity contribution >= 4 is 46.3 Å². The van der Waals surface area contributed by atoms with Crippen LogP contribution in [0.4, 0.5) is 35.3 Å². The number of ether oxygens (including phenoxy) is 1. The summed E-state index contributed by atoms with van der Waals surface area (Å²) in [6.07, 6.45) is -4.69. The zero-order valence-corrected chi connectivity index (χ0v) is 22.2. The van der Waals surface area contributed by atoms with Gasteiger partial charge in [0.05, 0.1) is 16.7 Å². The molecule has 0 bridgehead atoms. The van der Waals surface area contributed by atoms with Gasteiger partial charge in [-0.05, 0) is 49.2 Å². The number of benzene rings is 3. The number of halogens is 3. The van der Waals surface area contributed by atoms with Crippen LogP contribution in [0.15, 0.2) is 66.7 Å². The fourth-order valence-corrected chi connectivity index (χ4v) is 5.54. The molecule has 0 aliphatic carbocycles. The molecule has 1 unspecified atom stereocenters. The van der Waals surface area contributed by atoms with E-state index in [0.29, 0.717) is 5.52 Å². The highest BCUT2D eigenvalue weighted by atomic mass is 19.4. The first-order chi connectivity index (χ1) is 20.0. The molecule has 0 spiro atoms. The smallest absolute Gasteiger partial charge is 0.465 e. The van der Waals surface area contributed by atoms with Gasteiger partial charge in [0.15, 0.2) is 0 Å². The SMILES string of the molecule is CN(C(=O)O)c1nc2ccc(C3(OC(=O)C(F)(F)F)c4ccccc4C(=O)N3c3cccc(N4CCCC4)c3)cc2[nH]1. The van der Waals surface area contributed by atoms with E-state index in [1.165, 1.54) is 37.4 Å². The van der Waals surface area contributed by atoms with Crippen LogP contribution in [0.1, 0.15) is 34.3 Å². The number of fused-ring (bicyclic) bond motifs is 2. The molecule has 0 radical (unpaired) electrons. The molecule has 10 nitrogen and oxygen atoms in total. The number of nitrogens with zero attached hydrogens (tertiary/aromatic N) is 4. The van der Waals surface area contributed by atoms with Crippen LogP contribution in [-0.4, -0.2) is 59.4 Å². The Labute approximate surface area is 236 Å². The van der Waals surface area contributed by atoms with E-state index < -0.39 is 29.9 Å². The number of hydrogen-bond acceptors (Lipinski definition) is 6. The van der Waals surface area contributed by atoms with Gasteiger partial charge in [0, 0.05) is 42.5 Å². The normalized spacial score (nSPS) is 18.4. The van der Waals surface area contributed by atoms with E-state index in [9.17, 15) is 32.7 Å². The minimum atomic E-state index is -5.37. The maximum absolute atomic E-state index is 14.0. The molecule has 6 rings (SSSR count). The van der Waals surface area contributed by atoms with E-state index in [1.807, 2.05) is 6.07 Å². The second-order valence-corrected chi connectivity index (χ2v) is 10.1. The quantitative estimate of drug-likeness (QED) is 0.310. The number of aromatic amines is 1. The van der Waals surface area contributed by atoms with Gasteiger partial charge >= 0.3 is 18.2 Å². The Balaban J connectivity index is 1.60. The molecule has 1 atom stereocenters. The van der Waals surface area contributed by atoms with E-state index in [-0.39, 0.29) is 33.8 Å². The van der Waals surface area contributed by atoms with E-state index in [1.54, 1.807) is 30.3 Å². The second kappa shape index (κ2) is 9.79. The molecule has 4 aromatic rings. The Morgan fingerprint density at radius 1 is 1.02 bits per heavy atom. The molecule has 42 heavy (non-hydrogen) atoms. The number of imidazole rings is 1. The number of H-pyrrole nitrogens is 1. The lowest BCUT2D eigenvalue weighted by molar-refractivity contribution is -0.211. The lowest BCUT2D eigenvalue weighted by atomic mass is 9.92. The topological polar surface area (TPSA) is 119 Å². The van der Waals surface area contributed by atoms with Crippen LogP contribution in [-0.2, 0) is 15.3 Å². The lowest BCUT2D eigenvalue weighted by Crippen LogP contribution is -2.50. The highest BCUT2D eigenvalue weighted by molar-refractivity contribution is 6.13. The largest absolute Gasteiger partial charge is 0.491 e. The maximum Gasteiger partial charge on any atom is 0.491 e. The van der Waals surface area contributed by atoms with Crippen LogP contribution in [0.3, 0.4) is 0 Å². The first-order valence-electron chi connectivity index (χ1n) is 13.1. The van der Waals surface area contributed by atoms with Crippen LogP contribution in [0.2, 0.25) is 0 Å². The van der Waals surface area contributed by atoms with Gasteiger partial charge in [-0.25, -0.2) is 14.6 Å². The Morgan fingerprint density at radius 2 is 1.74 bits per heavy atom. The number of carbonyl (C=O) groups is 3. The van der Waals surface area contributed by atoms with Crippen molar-refractivity contribution in [3.05, 3.63) is 83.4 Å². The summed E-state index contributed by atoms with van der Waals surface area (Å²) in [5.41, 5.74) is -0.675. The van der Waals surface area contributed by atoms with Crippen molar-refractivity contribution in [2.45, 2.75) is 24.7 Å². The van der Waals surface area contributed by atoms with Crippen molar-refractivity contribution in [2.24, 2.45) is 0 Å². The van der Waals surface area contributed by atoms with E-state index >= 15 is 0 Å². The molecule has 2 N–H and O–H groups in total. The summed E-state index contributed by atoms with van der Waals surface area (Å²) in [5, 5.41) is 9.36. The Bertz CT molecular complexity index is 1730. The molecular formula is C29H24F3N5O5. The molecule has 2 aliphatic rings. The fourth-order valence-electron chi connectivity index (χ4n) is 5.54. The third-order valence-electron chi connectivity index (χ3n) is 7.54. The van der Waals surface area contributed by atoms with Gasteiger partial charge < -0.3 is 19.7 Å². The summed E-state index contributed by atoms with van der Waals surface area (Å²) in [6.45, 7) is 1.57. The maximum atomic E-state index is 14.0. The molecule has 3 aromatic carbocycles. The molecule has 2 aliphatic heterocycles. The average molecular weight is 580 g/mol. The number of carboxylic acid groups (broad SMARTS) is 1. The summed E-state index contributed by atoms with van der Waals surface area (Å²) in [4.78, 5) is 49.2. The molecule has 0 saturated carbocycles. The van der Waals surface area contributed by atoms with Gasteiger partial charge in [-0.1, -0.05) is 30.3 Å². The van der Waals surface area contributed by atoms with E-state index in [2.05, 4.69) is 14.9 Å². The number of rotatable bonds is 5.